The summed E-state index contributed by atoms with van der Waals surface area (Å²) in [6.45, 7) is 1.98. The number of ketones is 2. The van der Waals surface area contributed by atoms with Crippen LogP contribution in [0.2, 0.25) is 5.02 Å². The van der Waals surface area contributed by atoms with Crippen molar-refractivity contribution in [3.05, 3.63) is 106 Å². The number of carbonyl (C=O) groups excluding carboxylic acids is 2. The van der Waals surface area contributed by atoms with Crippen LogP contribution in [-0.2, 0) is 23.9 Å². The Hall–Kier alpha value is -3.97. The summed E-state index contributed by atoms with van der Waals surface area (Å²) >= 11 is 6.08. The Morgan fingerprint density at radius 1 is 0.919 bits per heavy atom. The molecular formula is C29H19ClF3NO3. The van der Waals surface area contributed by atoms with E-state index < -0.39 is 11.7 Å². The number of hydrogen-bond donors (Lipinski definition) is 0. The molecule has 0 amide bonds. The molecule has 0 atom stereocenters. The minimum Gasteiger partial charge on any atom is -0.453 e. The normalized spacial score (nSPS) is 12.8. The van der Waals surface area contributed by atoms with Gasteiger partial charge in [0.2, 0.25) is 5.78 Å². The number of benzene rings is 3. The molecule has 0 saturated carbocycles. The van der Waals surface area contributed by atoms with Crippen LogP contribution >= 0.6 is 11.6 Å². The third-order valence-corrected chi connectivity index (χ3v) is 6.52. The first-order chi connectivity index (χ1) is 17.6. The molecule has 0 unspecified atom stereocenters. The molecule has 2 heterocycles. The zero-order valence-electron chi connectivity index (χ0n) is 19.5. The summed E-state index contributed by atoms with van der Waals surface area (Å²) in [5, 5.41) is 0.0903. The number of carbonyl (C=O) groups is 2. The molecule has 0 spiro atoms. The van der Waals surface area contributed by atoms with E-state index in [9.17, 15) is 22.8 Å². The Bertz CT molecular complexity index is 1570. The van der Waals surface area contributed by atoms with Crippen molar-refractivity contribution in [3.8, 4) is 22.5 Å². The summed E-state index contributed by atoms with van der Waals surface area (Å²) in [7, 11) is 0. The molecule has 1 aliphatic rings. The summed E-state index contributed by atoms with van der Waals surface area (Å²) in [5.74, 6) is -0.244. The number of alkyl halides is 3. The van der Waals surface area contributed by atoms with E-state index in [-0.39, 0.29) is 40.1 Å². The summed E-state index contributed by atoms with van der Waals surface area (Å²) in [5.41, 5.74) is 4.26. The van der Waals surface area contributed by atoms with Gasteiger partial charge in [0.05, 0.1) is 17.1 Å². The number of furan rings is 1. The molecule has 0 fully saturated rings. The molecule has 0 saturated heterocycles. The molecule has 0 N–H and O–H groups in total. The van der Waals surface area contributed by atoms with Gasteiger partial charge in [0.1, 0.15) is 11.5 Å². The number of hydrogen-bond acceptors (Lipinski definition) is 4. The highest BCUT2D eigenvalue weighted by atomic mass is 35.5. The van der Waals surface area contributed by atoms with Crippen LogP contribution in [0.1, 0.15) is 39.7 Å². The molecule has 1 aromatic heterocycles. The van der Waals surface area contributed by atoms with Crippen molar-refractivity contribution in [1.29, 1.82) is 0 Å². The summed E-state index contributed by atoms with van der Waals surface area (Å²) in [4.78, 5) is 28.8. The van der Waals surface area contributed by atoms with Gasteiger partial charge >= 0.3 is 6.18 Å². The maximum Gasteiger partial charge on any atom is 0.416 e. The third-order valence-electron chi connectivity index (χ3n) is 6.19. The zero-order chi connectivity index (χ0) is 26.3. The van der Waals surface area contributed by atoms with Crippen LogP contribution in [0.25, 0.3) is 22.5 Å². The maximum atomic E-state index is 13.1. The summed E-state index contributed by atoms with van der Waals surface area (Å²) < 4.78 is 44.8. The van der Waals surface area contributed by atoms with Crippen LogP contribution in [0, 0.1) is 0 Å². The lowest BCUT2D eigenvalue weighted by Gasteiger charge is -2.09. The van der Waals surface area contributed by atoms with Crippen molar-refractivity contribution >= 4 is 28.9 Å². The lowest BCUT2D eigenvalue weighted by molar-refractivity contribution is -0.137. The number of Topliss-reactive ketones (excluding diaryl/α,β-unsaturated/α-hetero) is 2. The number of halogens is 4. The van der Waals surface area contributed by atoms with Gasteiger partial charge in [-0.2, -0.15) is 13.2 Å². The van der Waals surface area contributed by atoms with Crippen LogP contribution in [0.5, 0.6) is 0 Å². The van der Waals surface area contributed by atoms with Gasteiger partial charge in [0.25, 0.3) is 0 Å². The van der Waals surface area contributed by atoms with Gasteiger partial charge in [-0.1, -0.05) is 48.0 Å². The van der Waals surface area contributed by atoms with E-state index in [1.807, 2.05) is 42.5 Å². The Morgan fingerprint density at radius 3 is 2.35 bits per heavy atom. The van der Waals surface area contributed by atoms with Crippen molar-refractivity contribution in [2.75, 3.05) is 0 Å². The third kappa shape index (κ3) is 5.00. The Kier molecular flexibility index (Phi) is 6.33. The molecule has 186 valence electrons. The maximum absolute atomic E-state index is 13.1. The first-order valence-electron chi connectivity index (χ1n) is 11.4. The topological polar surface area (TPSA) is 59.6 Å². The highest BCUT2D eigenvalue weighted by Crippen LogP contribution is 2.36. The van der Waals surface area contributed by atoms with E-state index in [1.165, 1.54) is 19.1 Å². The molecule has 0 bridgehead atoms. The van der Waals surface area contributed by atoms with E-state index in [2.05, 4.69) is 4.99 Å². The highest BCUT2D eigenvalue weighted by molar-refractivity contribution is 6.46. The zero-order valence-corrected chi connectivity index (χ0v) is 20.3. The fourth-order valence-electron chi connectivity index (χ4n) is 4.30. The van der Waals surface area contributed by atoms with Crippen LogP contribution < -0.4 is 0 Å². The molecule has 8 heteroatoms. The minimum atomic E-state index is -4.53. The predicted octanol–water partition coefficient (Wildman–Crippen LogP) is 7.60. The van der Waals surface area contributed by atoms with Crippen LogP contribution in [0.4, 0.5) is 13.2 Å². The van der Waals surface area contributed by atoms with Crippen LogP contribution in [0.3, 0.4) is 0 Å². The van der Waals surface area contributed by atoms with E-state index in [0.29, 0.717) is 12.3 Å². The van der Waals surface area contributed by atoms with Crippen LogP contribution in [-0.4, -0.2) is 17.3 Å². The highest BCUT2D eigenvalue weighted by Gasteiger charge is 2.31. The van der Waals surface area contributed by atoms with Crippen molar-refractivity contribution in [3.63, 3.8) is 0 Å². The van der Waals surface area contributed by atoms with Gasteiger partial charge in [-0.25, -0.2) is 0 Å². The van der Waals surface area contributed by atoms with Gasteiger partial charge in [0, 0.05) is 24.5 Å². The van der Waals surface area contributed by atoms with Gasteiger partial charge in [-0.3, -0.25) is 14.6 Å². The van der Waals surface area contributed by atoms with Gasteiger partial charge in [0.15, 0.2) is 11.5 Å². The molecule has 4 aromatic rings. The second kappa shape index (κ2) is 9.48. The van der Waals surface area contributed by atoms with E-state index in [4.69, 9.17) is 16.0 Å². The lowest BCUT2D eigenvalue weighted by Crippen LogP contribution is -2.08. The number of nitrogens with zero attached hydrogens (tertiary/aromatic N) is 1. The predicted molar refractivity (Wildman–Crippen MR) is 135 cm³/mol. The van der Waals surface area contributed by atoms with E-state index in [1.54, 1.807) is 0 Å². The molecule has 3 aromatic carbocycles. The molecule has 0 aliphatic carbocycles. The Labute approximate surface area is 215 Å². The van der Waals surface area contributed by atoms with E-state index in [0.717, 1.165) is 46.0 Å². The lowest BCUT2D eigenvalue weighted by atomic mass is 9.96. The minimum absolute atomic E-state index is 0.0347. The van der Waals surface area contributed by atoms with Crippen molar-refractivity contribution < 1.29 is 27.2 Å². The smallest absolute Gasteiger partial charge is 0.416 e. The van der Waals surface area contributed by atoms with Gasteiger partial charge in [-0.15, -0.1) is 0 Å². The van der Waals surface area contributed by atoms with E-state index >= 15 is 0 Å². The second-order valence-electron chi connectivity index (χ2n) is 8.75. The van der Waals surface area contributed by atoms with Crippen molar-refractivity contribution in [2.45, 2.75) is 26.1 Å². The van der Waals surface area contributed by atoms with Crippen molar-refractivity contribution in [1.82, 2.24) is 0 Å². The number of fused-ring (bicyclic) bond motifs is 1. The first-order valence-corrected chi connectivity index (χ1v) is 11.8. The molecule has 4 nitrogen and oxygen atoms in total. The summed E-state index contributed by atoms with van der Waals surface area (Å²) in [6, 6.07) is 19.2. The summed E-state index contributed by atoms with van der Waals surface area (Å²) in [6.07, 6.45) is -4.47. The Balaban J connectivity index is 1.30. The SMILES string of the molecule is CC(=O)C1=NCc2cc(-c3ccc(CC(=O)c4ccc(-c5cc(C(F)(F)F)ccc5Cl)o4)cc3)ccc21. The average Bonchev–Trinajstić information content (AvgIpc) is 3.51. The number of rotatable bonds is 6. The van der Waals surface area contributed by atoms with Crippen LogP contribution in [0.15, 0.2) is 82.2 Å². The second-order valence-corrected chi connectivity index (χ2v) is 9.15. The molecule has 0 radical (unpaired) electrons. The quantitative estimate of drug-likeness (QED) is 0.245. The molecule has 5 rings (SSSR count). The van der Waals surface area contributed by atoms with Gasteiger partial charge in [-0.05, 0) is 58.7 Å². The largest absolute Gasteiger partial charge is 0.453 e. The monoisotopic (exact) mass is 521 g/mol. The number of aliphatic imine (C=N–C) groups is 1. The molecule has 37 heavy (non-hydrogen) atoms. The molecular weight excluding hydrogens is 503 g/mol. The first kappa shape index (κ1) is 24.7. The average molecular weight is 522 g/mol. The molecule has 1 aliphatic heterocycles. The standard InChI is InChI=1S/C29H19ClF3NO3/c1-16(35)28-22-8-6-19(13-20(22)15-34-28)18-4-2-17(3-5-18)12-25(36)27-11-10-26(37-27)23-14-21(29(31,32)33)7-9-24(23)30/h2-11,13-14H,12,15H2,1H3. The fraction of sp³-hybridized carbons (Fsp3) is 0.138. The fourth-order valence-corrected chi connectivity index (χ4v) is 4.51. The Morgan fingerprint density at radius 2 is 1.65 bits per heavy atom. The van der Waals surface area contributed by atoms with Crippen molar-refractivity contribution in [2.24, 2.45) is 4.99 Å². The van der Waals surface area contributed by atoms with Gasteiger partial charge < -0.3 is 4.42 Å².